The second-order valence-electron chi connectivity index (χ2n) is 5.19. The Kier molecular flexibility index (Phi) is 4.46. The number of halogens is 1. The molecule has 17 heavy (non-hydrogen) atoms. The maximum atomic E-state index is 6.11. The number of rotatable bonds is 6. The van der Waals surface area contributed by atoms with E-state index < -0.39 is 0 Å². The molecule has 1 heterocycles. The predicted molar refractivity (Wildman–Crippen MR) is 71.5 cm³/mol. The molecule has 3 nitrogen and oxygen atoms in total. The molecule has 1 aromatic heterocycles. The summed E-state index contributed by atoms with van der Waals surface area (Å²) < 4.78 is 2.18. The van der Waals surface area contributed by atoms with Crippen LogP contribution < -0.4 is 5.32 Å². The van der Waals surface area contributed by atoms with Gasteiger partial charge in [-0.2, -0.15) is 0 Å². The molecule has 0 aromatic carbocycles. The molecule has 1 aliphatic rings. The molecular weight excluding hydrogens is 234 g/mol. The summed E-state index contributed by atoms with van der Waals surface area (Å²) in [6.07, 6.45) is 9.14. The highest BCUT2D eigenvalue weighted by atomic mass is 35.5. The fourth-order valence-corrected chi connectivity index (χ4v) is 3.04. The minimum Gasteiger partial charge on any atom is -0.334 e. The molecule has 0 spiro atoms. The van der Waals surface area contributed by atoms with Crippen LogP contribution in [0.4, 0.5) is 0 Å². The second kappa shape index (κ2) is 5.87. The first-order valence-electron chi connectivity index (χ1n) is 6.50. The Morgan fingerprint density at radius 1 is 1.47 bits per heavy atom. The van der Waals surface area contributed by atoms with Gasteiger partial charge < -0.3 is 9.88 Å². The van der Waals surface area contributed by atoms with Crippen LogP contribution in [0.2, 0.25) is 0 Å². The van der Waals surface area contributed by atoms with Gasteiger partial charge in [0.05, 0.1) is 0 Å². The maximum absolute atomic E-state index is 6.11. The van der Waals surface area contributed by atoms with Gasteiger partial charge in [-0.1, -0.05) is 12.8 Å². The maximum Gasteiger partial charge on any atom is 0.105 e. The quantitative estimate of drug-likeness (QED) is 0.626. The summed E-state index contributed by atoms with van der Waals surface area (Å²) in [5.41, 5.74) is 0.367. The molecule has 1 fully saturated rings. The smallest absolute Gasteiger partial charge is 0.105 e. The van der Waals surface area contributed by atoms with E-state index in [0.717, 1.165) is 31.3 Å². The molecule has 0 saturated heterocycles. The Morgan fingerprint density at radius 2 is 2.24 bits per heavy atom. The molecule has 1 N–H and O–H groups in total. The molecule has 0 amide bonds. The van der Waals surface area contributed by atoms with Gasteiger partial charge in [-0.05, 0) is 25.2 Å². The van der Waals surface area contributed by atoms with Crippen molar-refractivity contribution in [1.82, 2.24) is 14.9 Å². The van der Waals surface area contributed by atoms with E-state index in [9.17, 15) is 0 Å². The molecule has 2 rings (SSSR count). The van der Waals surface area contributed by atoms with E-state index in [2.05, 4.69) is 14.9 Å². The molecule has 0 unspecified atom stereocenters. The molecule has 0 atom stereocenters. The first kappa shape index (κ1) is 12.9. The van der Waals surface area contributed by atoms with Gasteiger partial charge in [0.25, 0.3) is 0 Å². The number of alkyl halides is 1. The number of imidazole rings is 1. The lowest BCUT2D eigenvalue weighted by Crippen LogP contribution is -2.35. The first-order valence-corrected chi connectivity index (χ1v) is 7.04. The summed E-state index contributed by atoms with van der Waals surface area (Å²) in [4.78, 5) is 4.22. The standard InChI is InChI=1S/C13H22ClN3/c1-12-16-7-9-17(12)8-6-15-11-13(10-14)4-2-3-5-13/h7,9,15H,2-6,8,10-11H2,1H3. The van der Waals surface area contributed by atoms with Crippen molar-refractivity contribution in [3.63, 3.8) is 0 Å². The van der Waals surface area contributed by atoms with Crippen LogP contribution in [0, 0.1) is 12.3 Å². The lowest BCUT2D eigenvalue weighted by Gasteiger charge is -2.26. The van der Waals surface area contributed by atoms with Crippen LogP contribution in [0.3, 0.4) is 0 Å². The average molecular weight is 256 g/mol. The molecule has 1 aliphatic carbocycles. The first-order chi connectivity index (χ1) is 8.26. The number of hydrogen-bond donors (Lipinski definition) is 1. The van der Waals surface area contributed by atoms with Crippen molar-refractivity contribution in [2.45, 2.75) is 39.2 Å². The Hall–Kier alpha value is -0.540. The third kappa shape index (κ3) is 3.23. The van der Waals surface area contributed by atoms with Crippen LogP contribution in [-0.2, 0) is 6.54 Å². The van der Waals surface area contributed by atoms with E-state index >= 15 is 0 Å². The van der Waals surface area contributed by atoms with Gasteiger partial charge in [-0.3, -0.25) is 0 Å². The Bertz CT molecular complexity index is 342. The summed E-state index contributed by atoms with van der Waals surface area (Å²) in [6, 6.07) is 0. The van der Waals surface area contributed by atoms with Crippen LogP contribution in [0.5, 0.6) is 0 Å². The van der Waals surface area contributed by atoms with E-state index in [0.29, 0.717) is 5.41 Å². The normalized spacial score (nSPS) is 18.7. The fraction of sp³-hybridized carbons (Fsp3) is 0.769. The van der Waals surface area contributed by atoms with Crippen molar-refractivity contribution in [3.8, 4) is 0 Å². The lowest BCUT2D eigenvalue weighted by molar-refractivity contribution is 0.319. The van der Waals surface area contributed by atoms with Gasteiger partial charge in [-0.25, -0.2) is 4.98 Å². The van der Waals surface area contributed by atoms with Crippen molar-refractivity contribution in [1.29, 1.82) is 0 Å². The molecule has 0 radical (unpaired) electrons. The highest BCUT2D eigenvalue weighted by molar-refractivity contribution is 6.18. The van der Waals surface area contributed by atoms with Gasteiger partial charge in [0.15, 0.2) is 0 Å². The lowest BCUT2D eigenvalue weighted by atomic mass is 9.88. The minimum absolute atomic E-state index is 0.367. The third-order valence-electron chi connectivity index (χ3n) is 3.90. The van der Waals surface area contributed by atoms with Crippen molar-refractivity contribution in [2.24, 2.45) is 5.41 Å². The molecule has 96 valence electrons. The Morgan fingerprint density at radius 3 is 2.82 bits per heavy atom. The average Bonchev–Trinajstić information content (AvgIpc) is 2.95. The van der Waals surface area contributed by atoms with Gasteiger partial charge in [0.1, 0.15) is 5.82 Å². The van der Waals surface area contributed by atoms with Crippen LogP contribution in [0.1, 0.15) is 31.5 Å². The van der Waals surface area contributed by atoms with Crippen LogP contribution in [0.25, 0.3) is 0 Å². The SMILES string of the molecule is Cc1nccn1CCNCC1(CCl)CCCC1. The summed E-state index contributed by atoms with van der Waals surface area (Å²) >= 11 is 6.11. The van der Waals surface area contributed by atoms with E-state index in [-0.39, 0.29) is 0 Å². The monoisotopic (exact) mass is 255 g/mol. The number of aromatic nitrogens is 2. The number of nitrogens with one attached hydrogen (secondary N) is 1. The Balaban J connectivity index is 1.71. The van der Waals surface area contributed by atoms with E-state index in [1.807, 2.05) is 19.3 Å². The molecular formula is C13H22ClN3. The Labute approximate surface area is 109 Å². The van der Waals surface area contributed by atoms with Gasteiger partial charge in [-0.15, -0.1) is 11.6 Å². The van der Waals surface area contributed by atoms with Crippen LogP contribution in [0.15, 0.2) is 12.4 Å². The summed E-state index contributed by atoms with van der Waals surface area (Å²) in [7, 11) is 0. The van der Waals surface area contributed by atoms with Gasteiger partial charge >= 0.3 is 0 Å². The van der Waals surface area contributed by atoms with Crippen molar-refractivity contribution >= 4 is 11.6 Å². The number of hydrogen-bond acceptors (Lipinski definition) is 2. The van der Waals surface area contributed by atoms with Crippen LogP contribution >= 0.6 is 11.6 Å². The summed E-state index contributed by atoms with van der Waals surface area (Å²) in [5, 5.41) is 3.55. The largest absolute Gasteiger partial charge is 0.334 e. The van der Waals surface area contributed by atoms with Crippen LogP contribution in [-0.4, -0.2) is 28.5 Å². The second-order valence-corrected chi connectivity index (χ2v) is 5.45. The molecule has 1 aromatic rings. The highest BCUT2D eigenvalue weighted by Gasteiger charge is 2.32. The summed E-state index contributed by atoms with van der Waals surface area (Å²) in [6.45, 7) is 5.08. The summed E-state index contributed by atoms with van der Waals surface area (Å²) in [5.74, 6) is 1.88. The highest BCUT2D eigenvalue weighted by Crippen LogP contribution is 2.38. The van der Waals surface area contributed by atoms with Crippen molar-refractivity contribution in [3.05, 3.63) is 18.2 Å². The zero-order valence-corrected chi connectivity index (χ0v) is 11.3. The number of aryl methyl sites for hydroxylation is 1. The topological polar surface area (TPSA) is 29.9 Å². The minimum atomic E-state index is 0.367. The molecule has 1 saturated carbocycles. The van der Waals surface area contributed by atoms with Gasteiger partial charge in [0.2, 0.25) is 0 Å². The van der Waals surface area contributed by atoms with E-state index in [1.165, 1.54) is 25.7 Å². The fourth-order valence-electron chi connectivity index (χ4n) is 2.68. The molecule has 0 aliphatic heterocycles. The molecule has 4 heteroatoms. The zero-order chi connectivity index (χ0) is 12.1. The van der Waals surface area contributed by atoms with Crippen molar-refractivity contribution < 1.29 is 0 Å². The van der Waals surface area contributed by atoms with E-state index in [4.69, 9.17) is 11.6 Å². The third-order valence-corrected chi connectivity index (χ3v) is 4.47. The molecule has 0 bridgehead atoms. The number of nitrogens with zero attached hydrogens (tertiary/aromatic N) is 2. The van der Waals surface area contributed by atoms with Gasteiger partial charge in [0, 0.05) is 37.9 Å². The predicted octanol–water partition coefficient (Wildman–Crippen LogP) is 2.58. The van der Waals surface area contributed by atoms with Crippen molar-refractivity contribution in [2.75, 3.05) is 19.0 Å². The van der Waals surface area contributed by atoms with E-state index in [1.54, 1.807) is 0 Å². The zero-order valence-electron chi connectivity index (χ0n) is 10.6.